The highest BCUT2D eigenvalue weighted by molar-refractivity contribution is 6.35. The number of nitrogens with zero attached hydrogens (tertiary/aromatic N) is 1. The molecular formula is C16H16Cl2N2O3. The van der Waals surface area contributed by atoms with Crippen molar-refractivity contribution in [2.75, 3.05) is 7.11 Å². The Bertz CT molecular complexity index is 726. The summed E-state index contributed by atoms with van der Waals surface area (Å²) in [6, 6.07) is 6.89. The van der Waals surface area contributed by atoms with Crippen LogP contribution in [0.2, 0.25) is 10.0 Å². The van der Waals surface area contributed by atoms with E-state index in [4.69, 9.17) is 32.5 Å². The molecule has 0 aliphatic heterocycles. The maximum atomic E-state index is 12.4. The van der Waals surface area contributed by atoms with Gasteiger partial charge >= 0.3 is 0 Å². The average Bonchev–Trinajstić information content (AvgIpc) is 2.96. The molecule has 1 aliphatic rings. The predicted octanol–water partition coefficient (Wildman–Crippen LogP) is 3.89. The van der Waals surface area contributed by atoms with Crippen LogP contribution in [0, 0.1) is 0 Å². The second kappa shape index (κ2) is 6.42. The van der Waals surface area contributed by atoms with Crippen molar-refractivity contribution in [2.24, 2.45) is 0 Å². The van der Waals surface area contributed by atoms with E-state index in [1.807, 2.05) is 6.07 Å². The minimum atomic E-state index is -0.311. The summed E-state index contributed by atoms with van der Waals surface area (Å²) in [4.78, 5) is 12.4. The van der Waals surface area contributed by atoms with Crippen LogP contribution in [0.25, 0.3) is 0 Å². The van der Waals surface area contributed by atoms with Crippen molar-refractivity contribution in [1.29, 1.82) is 0 Å². The Kier molecular flexibility index (Phi) is 4.50. The summed E-state index contributed by atoms with van der Waals surface area (Å²) in [5.74, 6) is 0.111. The number of hydrogen-bond acceptors (Lipinski definition) is 4. The lowest BCUT2D eigenvalue weighted by atomic mass is 9.72. The number of nitrogens with one attached hydrogen (secondary N) is 1. The van der Waals surface area contributed by atoms with Gasteiger partial charge in [0.2, 0.25) is 5.76 Å². The van der Waals surface area contributed by atoms with E-state index in [0.717, 1.165) is 24.8 Å². The highest BCUT2D eigenvalue weighted by Crippen LogP contribution is 2.37. The molecule has 1 amide bonds. The number of amides is 1. The maximum Gasteiger partial charge on any atom is 0.290 e. The standard InChI is InChI=1S/C16H16Cl2N2O3/c1-22-14-8-13(23-20-14)15(21)19-16(5-2-6-16)9-10-3-4-11(17)7-12(10)18/h3-4,7-8H,2,5-6,9H2,1H3,(H,19,21). The van der Waals surface area contributed by atoms with Gasteiger partial charge in [0.15, 0.2) is 0 Å². The molecule has 0 unspecified atom stereocenters. The van der Waals surface area contributed by atoms with Crippen molar-refractivity contribution in [3.63, 3.8) is 0 Å². The molecule has 0 saturated heterocycles. The lowest BCUT2D eigenvalue weighted by Crippen LogP contribution is -2.55. The minimum absolute atomic E-state index is 0.135. The van der Waals surface area contributed by atoms with Crippen molar-refractivity contribution in [3.8, 4) is 5.88 Å². The zero-order valence-electron chi connectivity index (χ0n) is 12.6. The summed E-state index contributed by atoms with van der Waals surface area (Å²) in [5, 5.41) is 7.90. The second-order valence-corrected chi connectivity index (χ2v) is 6.58. The van der Waals surface area contributed by atoms with Gasteiger partial charge in [-0.25, -0.2) is 0 Å². The van der Waals surface area contributed by atoms with E-state index in [1.54, 1.807) is 12.1 Å². The average molecular weight is 355 g/mol. The summed E-state index contributed by atoms with van der Waals surface area (Å²) in [5.41, 5.74) is 0.653. The number of methoxy groups -OCH3 is 1. The molecule has 0 radical (unpaired) electrons. The van der Waals surface area contributed by atoms with Gasteiger partial charge in [-0.05, 0) is 48.5 Å². The van der Waals surface area contributed by atoms with Gasteiger partial charge in [-0.3, -0.25) is 4.79 Å². The molecule has 23 heavy (non-hydrogen) atoms. The number of benzene rings is 1. The zero-order chi connectivity index (χ0) is 16.4. The molecule has 0 spiro atoms. The van der Waals surface area contributed by atoms with Gasteiger partial charge < -0.3 is 14.6 Å². The van der Waals surface area contributed by atoms with Crippen LogP contribution in [0.15, 0.2) is 28.8 Å². The highest BCUT2D eigenvalue weighted by atomic mass is 35.5. The topological polar surface area (TPSA) is 64.4 Å². The molecule has 1 aromatic carbocycles. The molecule has 5 nitrogen and oxygen atoms in total. The Labute approximate surface area is 143 Å². The third kappa shape index (κ3) is 3.46. The normalized spacial score (nSPS) is 15.8. The number of ether oxygens (including phenoxy) is 1. The monoisotopic (exact) mass is 354 g/mol. The van der Waals surface area contributed by atoms with Gasteiger partial charge in [-0.15, -0.1) is 0 Å². The van der Waals surface area contributed by atoms with E-state index in [1.165, 1.54) is 13.2 Å². The molecule has 1 fully saturated rings. The lowest BCUT2D eigenvalue weighted by molar-refractivity contribution is 0.0789. The van der Waals surface area contributed by atoms with Crippen molar-refractivity contribution in [2.45, 2.75) is 31.2 Å². The molecule has 1 aromatic heterocycles. The Hall–Kier alpha value is -1.72. The molecule has 1 heterocycles. The Morgan fingerprint density at radius 3 is 2.74 bits per heavy atom. The SMILES string of the molecule is COc1cc(C(=O)NC2(Cc3ccc(Cl)cc3Cl)CCC2)on1. The molecule has 3 rings (SSSR count). The summed E-state index contributed by atoms with van der Waals surface area (Å²) in [7, 11) is 1.47. The zero-order valence-corrected chi connectivity index (χ0v) is 14.1. The van der Waals surface area contributed by atoms with Crippen molar-refractivity contribution < 1.29 is 14.1 Å². The first kappa shape index (κ1) is 16.1. The van der Waals surface area contributed by atoms with E-state index >= 15 is 0 Å². The van der Waals surface area contributed by atoms with Crippen LogP contribution >= 0.6 is 23.2 Å². The van der Waals surface area contributed by atoms with Crippen molar-refractivity contribution >= 4 is 29.1 Å². The third-order valence-corrected chi connectivity index (χ3v) is 4.74. The third-order valence-electron chi connectivity index (χ3n) is 4.15. The van der Waals surface area contributed by atoms with Crippen LogP contribution in [0.3, 0.4) is 0 Å². The first-order valence-corrected chi connectivity index (χ1v) is 8.04. The van der Waals surface area contributed by atoms with E-state index in [0.29, 0.717) is 16.5 Å². The molecule has 0 bridgehead atoms. The molecule has 1 aliphatic carbocycles. The fourth-order valence-electron chi connectivity index (χ4n) is 2.74. The molecule has 2 aromatic rings. The fraction of sp³-hybridized carbons (Fsp3) is 0.375. The highest BCUT2D eigenvalue weighted by Gasteiger charge is 2.39. The molecule has 0 atom stereocenters. The van der Waals surface area contributed by atoms with Gasteiger partial charge in [-0.2, -0.15) is 0 Å². The van der Waals surface area contributed by atoms with Gasteiger partial charge in [0.05, 0.1) is 13.2 Å². The number of aromatic nitrogens is 1. The quantitative estimate of drug-likeness (QED) is 0.884. The maximum absolute atomic E-state index is 12.4. The van der Waals surface area contributed by atoms with Crippen molar-refractivity contribution in [3.05, 3.63) is 45.6 Å². The molecule has 1 N–H and O–H groups in total. The van der Waals surface area contributed by atoms with Crippen LogP contribution in [0.5, 0.6) is 5.88 Å². The minimum Gasteiger partial charge on any atom is -0.479 e. The molecule has 122 valence electrons. The first-order chi connectivity index (χ1) is 11.0. The van der Waals surface area contributed by atoms with Crippen LogP contribution in [-0.2, 0) is 6.42 Å². The summed E-state index contributed by atoms with van der Waals surface area (Å²) in [6.45, 7) is 0. The number of carbonyl (C=O) groups is 1. The summed E-state index contributed by atoms with van der Waals surface area (Å²) in [6.07, 6.45) is 3.50. The van der Waals surface area contributed by atoms with Crippen LogP contribution < -0.4 is 10.1 Å². The van der Waals surface area contributed by atoms with Gasteiger partial charge in [0, 0.05) is 15.6 Å². The van der Waals surface area contributed by atoms with Gasteiger partial charge in [0.1, 0.15) is 0 Å². The molecular weight excluding hydrogens is 339 g/mol. The van der Waals surface area contributed by atoms with Gasteiger partial charge in [-0.1, -0.05) is 29.3 Å². The number of hydrogen-bond donors (Lipinski definition) is 1. The predicted molar refractivity (Wildman–Crippen MR) is 87.3 cm³/mol. The van der Waals surface area contributed by atoms with E-state index in [9.17, 15) is 4.79 Å². The van der Waals surface area contributed by atoms with E-state index < -0.39 is 0 Å². The van der Waals surface area contributed by atoms with Crippen LogP contribution in [0.4, 0.5) is 0 Å². The molecule has 1 saturated carbocycles. The smallest absolute Gasteiger partial charge is 0.290 e. The van der Waals surface area contributed by atoms with Gasteiger partial charge in [0.25, 0.3) is 11.8 Å². The van der Waals surface area contributed by atoms with E-state index in [2.05, 4.69) is 10.5 Å². The van der Waals surface area contributed by atoms with E-state index in [-0.39, 0.29) is 23.1 Å². The van der Waals surface area contributed by atoms with Crippen LogP contribution in [0.1, 0.15) is 35.4 Å². The van der Waals surface area contributed by atoms with Crippen molar-refractivity contribution in [1.82, 2.24) is 10.5 Å². The lowest BCUT2D eigenvalue weighted by Gasteiger charge is -2.42. The summed E-state index contributed by atoms with van der Waals surface area (Å²) < 4.78 is 9.91. The first-order valence-electron chi connectivity index (χ1n) is 7.28. The number of carbonyl (C=O) groups excluding carboxylic acids is 1. The Morgan fingerprint density at radius 2 is 2.17 bits per heavy atom. The number of halogens is 2. The summed E-state index contributed by atoms with van der Waals surface area (Å²) >= 11 is 12.2. The second-order valence-electron chi connectivity index (χ2n) is 5.73. The Balaban J connectivity index is 1.74. The Morgan fingerprint density at radius 1 is 1.39 bits per heavy atom. The largest absolute Gasteiger partial charge is 0.479 e. The fourth-order valence-corrected chi connectivity index (χ4v) is 3.22. The molecule has 7 heteroatoms. The number of rotatable bonds is 5. The van der Waals surface area contributed by atoms with Crippen LogP contribution in [-0.4, -0.2) is 23.7 Å².